The van der Waals surface area contributed by atoms with Crippen molar-refractivity contribution in [1.82, 2.24) is 10.3 Å². The Labute approximate surface area is 111 Å². The Balaban J connectivity index is 2.08. The summed E-state index contributed by atoms with van der Waals surface area (Å²) in [6.45, 7) is 0.973. The number of fused-ring (bicyclic) bond motifs is 1. The molecule has 1 fully saturated rings. The number of benzene rings is 1. The van der Waals surface area contributed by atoms with Gasteiger partial charge in [-0.1, -0.05) is 17.7 Å². The molecule has 2 unspecified atom stereocenters. The van der Waals surface area contributed by atoms with Gasteiger partial charge in [0.05, 0.1) is 11.6 Å². The van der Waals surface area contributed by atoms with Gasteiger partial charge in [0, 0.05) is 28.2 Å². The van der Waals surface area contributed by atoms with Crippen LogP contribution >= 0.6 is 11.6 Å². The zero-order chi connectivity index (χ0) is 12.5. The van der Waals surface area contributed by atoms with E-state index < -0.39 is 6.10 Å². The van der Waals surface area contributed by atoms with Gasteiger partial charge in [0.25, 0.3) is 0 Å². The zero-order valence-corrected chi connectivity index (χ0v) is 10.7. The second kappa shape index (κ2) is 4.84. The molecule has 0 aliphatic carbocycles. The number of aliphatic hydroxyl groups is 1. The summed E-state index contributed by atoms with van der Waals surface area (Å²) in [7, 11) is 0. The summed E-state index contributed by atoms with van der Waals surface area (Å²) in [6, 6.07) is 7.62. The molecule has 3 rings (SSSR count). The highest BCUT2D eigenvalue weighted by molar-refractivity contribution is 6.35. The average molecular weight is 263 g/mol. The molecule has 18 heavy (non-hydrogen) atoms. The van der Waals surface area contributed by atoms with Crippen molar-refractivity contribution in [3.8, 4) is 0 Å². The monoisotopic (exact) mass is 262 g/mol. The van der Waals surface area contributed by atoms with Crippen LogP contribution in [0.2, 0.25) is 5.02 Å². The molecule has 1 aromatic carbocycles. The van der Waals surface area contributed by atoms with E-state index in [0.29, 0.717) is 5.02 Å². The van der Waals surface area contributed by atoms with Crippen LogP contribution in [-0.2, 0) is 0 Å². The minimum absolute atomic E-state index is 0.122. The Bertz CT molecular complexity index is 567. The van der Waals surface area contributed by atoms with Gasteiger partial charge in [0.15, 0.2) is 0 Å². The quantitative estimate of drug-likeness (QED) is 0.875. The van der Waals surface area contributed by atoms with Crippen LogP contribution in [0.4, 0.5) is 0 Å². The van der Waals surface area contributed by atoms with Crippen molar-refractivity contribution in [3.05, 3.63) is 41.0 Å². The molecule has 0 saturated carbocycles. The van der Waals surface area contributed by atoms with E-state index in [1.54, 1.807) is 6.20 Å². The molecule has 2 atom stereocenters. The second-order valence-corrected chi connectivity index (χ2v) is 5.09. The van der Waals surface area contributed by atoms with Crippen molar-refractivity contribution in [3.63, 3.8) is 0 Å². The Hall–Kier alpha value is -1.16. The van der Waals surface area contributed by atoms with Gasteiger partial charge in [-0.3, -0.25) is 4.98 Å². The molecule has 2 aromatic rings. The fourth-order valence-corrected chi connectivity index (χ4v) is 2.81. The molecule has 94 valence electrons. The van der Waals surface area contributed by atoms with E-state index in [0.717, 1.165) is 35.9 Å². The fourth-order valence-electron chi connectivity index (χ4n) is 2.60. The molecule has 0 spiro atoms. The van der Waals surface area contributed by atoms with Crippen molar-refractivity contribution in [2.24, 2.45) is 0 Å². The molecule has 2 heterocycles. The molecule has 0 bridgehead atoms. The maximum atomic E-state index is 10.5. The van der Waals surface area contributed by atoms with Gasteiger partial charge in [0.1, 0.15) is 0 Å². The number of aromatic nitrogens is 1. The van der Waals surface area contributed by atoms with E-state index in [2.05, 4.69) is 10.3 Å². The van der Waals surface area contributed by atoms with Crippen molar-refractivity contribution in [2.45, 2.75) is 25.0 Å². The Kier molecular flexibility index (Phi) is 3.20. The van der Waals surface area contributed by atoms with E-state index >= 15 is 0 Å². The number of nitrogens with zero attached hydrogens (tertiary/aromatic N) is 1. The van der Waals surface area contributed by atoms with E-state index in [1.165, 1.54) is 0 Å². The number of aliphatic hydroxyl groups excluding tert-OH is 1. The minimum atomic E-state index is -0.526. The molecule has 2 N–H and O–H groups in total. The molecular weight excluding hydrogens is 248 g/mol. The summed E-state index contributed by atoms with van der Waals surface area (Å²) >= 11 is 6.16. The first-order valence-electron chi connectivity index (χ1n) is 6.22. The molecule has 0 radical (unpaired) electrons. The summed E-state index contributed by atoms with van der Waals surface area (Å²) < 4.78 is 0. The van der Waals surface area contributed by atoms with Crippen molar-refractivity contribution < 1.29 is 5.11 Å². The highest BCUT2D eigenvalue weighted by atomic mass is 35.5. The summed E-state index contributed by atoms with van der Waals surface area (Å²) in [5, 5.41) is 15.4. The van der Waals surface area contributed by atoms with E-state index in [9.17, 15) is 5.11 Å². The van der Waals surface area contributed by atoms with Gasteiger partial charge in [0.2, 0.25) is 0 Å². The van der Waals surface area contributed by atoms with Crippen molar-refractivity contribution >= 4 is 22.5 Å². The smallest absolute Gasteiger partial charge is 0.0963 e. The van der Waals surface area contributed by atoms with Crippen LogP contribution in [0.1, 0.15) is 24.5 Å². The third-order valence-electron chi connectivity index (χ3n) is 3.55. The first-order valence-corrected chi connectivity index (χ1v) is 6.60. The van der Waals surface area contributed by atoms with Crippen LogP contribution in [-0.4, -0.2) is 22.7 Å². The number of pyridine rings is 1. The van der Waals surface area contributed by atoms with Gasteiger partial charge in [-0.2, -0.15) is 0 Å². The number of halogens is 1. The average Bonchev–Trinajstić information content (AvgIpc) is 2.93. The first-order chi connectivity index (χ1) is 8.77. The lowest BCUT2D eigenvalue weighted by Crippen LogP contribution is -2.28. The summed E-state index contributed by atoms with van der Waals surface area (Å²) in [4.78, 5) is 4.36. The normalized spacial score (nSPS) is 21.3. The molecule has 4 heteroatoms. The minimum Gasteiger partial charge on any atom is -0.387 e. The van der Waals surface area contributed by atoms with Gasteiger partial charge in [-0.05, 0) is 37.6 Å². The highest BCUT2D eigenvalue weighted by Crippen LogP contribution is 2.31. The fraction of sp³-hybridized carbons (Fsp3) is 0.357. The summed E-state index contributed by atoms with van der Waals surface area (Å²) in [5.41, 5.74) is 1.65. The number of hydrogen-bond donors (Lipinski definition) is 2. The molecule has 1 aliphatic heterocycles. The van der Waals surface area contributed by atoms with Crippen LogP contribution in [0.15, 0.2) is 30.5 Å². The second-order valence-electron chi connectivity index (χ2n) is 4.68. The number of nitrogens with one attached hydrogen (secondary N) is 1. The molecule has 0 amide bonds. The predicted molar refractivity (Wildman–Crippen MR) is 72.7 cm³/mol. The molecule has 3 nitrogen and oxygen atoms in total. The number of rotatable bonds is 2. The maximum Gasteiger partial charge on any atom is 0.0963 e. The number of hydrogen-bond acceptors (Lipinski definition) is 3. The molecule has 1 aromatic heterocycles. The van der Waals surface area contributed by atoms with Crippen LogP contribution in [0, 0.1) is 0 Å². The Morgan fingerprint density at radius 1 is 1.39 bits per heavy atom. The Morgan fingerprint density at radius 3 is 3.06 bits per heavy atom. The predicted octanol–water partition coefficient (Wildman–Crippen LogP) is 2.67. The SMILES string of the molecule is OC(c1ccc(Cl)c2cccnc12)C1CCCN1. The van der Waals surface area contributed by atoms with Gasteiger partial charge in [-0.25, -0.2) is 0 Å². The van der Waals surface area contributed by atoms with Gasteiger partial charge in [-0.15, -0.1) is 0 Å². The van der Waals surface area contributed by atoms with E-state index in [-0.39, 0.29) is 6.04 Å². The summed E-state index contributed by atoms with van der Waals surface area (Å²) in [6.07, 6.45) is 3.32. The Morgan fingerprint density at radius 2 is 2.28 bits per heavy atom. The van der Waals surface area contributed by atoms with Crippen LogP contribution in [0.3, 0.4) is 0 Å². The third kappa shape index (κ3) is 1.99. The molecule has 1 aliphatic rings. The molecule has 1 saturated heterocycles. The van der Waals surface area contributed by atoms with E-state index in [4.69, 9.17) is 11.6 Å². The van der Waals surface area contributed by atoms with Crippen molar-refractivity contribution in [1.29, 1.82) is 0 Å². The standard InChI is InChI=1S/C14H15ClN2O/c15-11-6-5-10(13-9(11)3-1-8-17-13)14(18)12-4-2-7-16-12/h1,3,5-6,8,12,14,16,18H,2,4,7H2. The van der Waals surface area contributed by atoms with Crippen LogP contribution in [0.5, 0.6) is 0 Å². The van der Waals surface area contributed by atoms with E-state index in [1.807, 2.05) is 24.3 Å². The molecular formula is C14H15ClN2O. The third-order valence-corrected chi connectivity index (χ3v) is 3.88. The lowest BCUT2D eigenvalue weighted by molar-refractivity contribution is 0.139. The van der Waals surface area contributed by atoms with Crippen LogP contribution < -0.4 is 5.32 Å². The lowest BCUT2D eigenvalue weighted by atomic mass is 9.98. The lowest BCUT2D eigenvalue weighted by Gasteiger charge is -2.20. The largest absolute Gasteiger partial charge is 0.387 e. The summed E-state index contributed by atoms with van der Waals surface area (Å²) in [5.74, 6) is 0. The van der Waals surface area contributed by atoms with Gasteiger partial charge >= 0.3 is 0 Å². The highest BCUT2D eigenvalue weighted by Gasteiger charge is 2.25. The first kappa shape index (κ1) is 11.9. The van der Waals surface area contributed by atoms with Crippen molar-refractivity contribution in [2.75, 3.05) is 6.54 Å². The topological polar surface area (TPSA) is 45.2 Å². The maximum absolute atomic E-state index is 10.5. The van der Waals surface area contributed by atoms with Crippen LogP contribution in [0.25, 0.3) is 10.9 Å². The van der Waals surface area contributed by atoms with Gasteiger partial charge < -0.3 is 10.4 Å². The zero-order valence-electron chi connectivity index (χ0n) is 9.94.